The summed E-state index contributed by atoms with van der Waals surface area (Å²) in [4.78, 5) is 9.69. The van der Waals surface area contributed by atoms with Gasteiger partial charge in [-0.05, 0) is 24.1 Å². The summed E-state index contributed by atoms with van der Waals surface area (Å²) in [6.07, 6.45) is 2.11. The number of benzene rings is 1. The lowest BCUT2D eigenvalue weighted by Gasteiger charge is -2.05. The van der Waals surface area contributed by atoms with Gasteiger partial charge in [-0.25, -0.2) is 0 Å². The van der Waals surface area contributed by atoms with E-state index in [1.165, 1.54) is 6.07 Å². The Morgan fingerprint density at radius 2 is 2.00 bits per heavy atom. The fraction of sp³-hybridized carbons (Fsp3) is 0.538. The van der Waals surface area contributed by atoms with Gasteiger partial charge in [-0.3, -0.25) is 10.1 Å². The number of nitro groups is 1. The minimum absolute atomic E-state index is 0.214. The van der Waals surface area contributed by atoms with Crippen LogP contribution in [0.2, 0.25) is 0 Å². The molecule has 106 valence electrons. The second-order valence-corrected chi connectivity index (χ2v) is 4.06. The van der Waals surface area contributed by atoms with Gasteiger partial charge in [-0.15, -0.1) is 0 Å². The zero-order valence-corrected chi connectivity index (χ0v) is 10.9. The first kappa shape index (κ1) is 15.5. The minimum atomic E-state index is -0.842. The number of nitro benzene ring substituents is 1. The second kappa shape index (κ2) is 8.55. The normalized spacial score (nSPS) is 10.6. The van der Waals surface area contributed by atoms with Gasteiger partial charge in [0, 0.05) is 12.7 Å². The third-order valence-electron chi connectivity index (χ3n) is 2.49. The Bertz CT molecular complexity index is 412. The van der Waals surface area contributed by atoms with Crippen molar-refractivity contribution in [3.05, 3.63) is 39.7 Å². The lowest BCUT2D eigenvalue weighted by Crippen LogP contribution is -2.05. The summed E-state index contributed by atoms with van der Waals surface area (Å²) >= 11 is 0. The summed E-state index contributed by atoms with van der Waals surface area (Å²) < 4.78 is 23.9. The topological polar surface area (TPSA) is 61.6 Å². The van der Waals surface area contributed by atoms with Crippen LogP contribution in [-0.2, 0) is 16.1 Å². The van der Waals surface area contributed by atoms with Crippen molar-refractivity contribution in [1.29, 1.82) is 0 Å². The zero-order valence-electron chi connectivity index (χ0n) is 10.9. The first-order chi connectivity index (χ1) is 9.15. The van der Waals surface area contributed by atoms with Crippen molar-refractivity contribution in [3.8, 4) is 0 Å². The van der Waals surface area contributed by atoms with Gasteiger partial charge in [-0.1, -0.05) is 13.3 Å². The monoisotopic (exact) mass is 271 g/mol. The summed E-state index contributed by atoms with van der Waals surface area (Å²) in [6.45, 7) is 3.93. The Hall–Kier alpha value is -1.53. The number of rotatable bonds is 9. The third-order valence-corrected chi connectivity index (χ3v) is 2.49. The van der Waals surface area contributed by atoms with Gasteiger partial charge in [-0.2, -0.15) is 4.39 Å². The fourth-order valence-electron chi connectivity index (χ4n) is 1.44. The summed E-state index contributed by atoms with van der Waals surface area (Å²) in [7, 11) is 0. The highest BCUT2D eigenvalue weighted by molar-refractivity contribution is 5.34. The van der Waals surface area contributed by atoms with Crippen molar-refractivity contribution in [2.75, 3.05) is 19.8 Å². The van der Waals surface area contributed by atoms with E-state index in [0.29, 0.717) is 25.4 Å². The molecule has 0 unspecified atom stereocenters. The Labute approximate surface area is 111 Å². The molecule has 0 spiro atoms. The van der Waals surface area contributed by atoms with E-state index in [1.54, 1.807) is 0 Å². The molecule has 0 saturated carbocycles. The number of unbranched alkanes of at least 4 members (excludes halogenated alkanes) is 1. The van der Waals surface area contributed by atoms with Gasteiger partial charge < -0.3 is 9.47 Å². The van der Waals surface area contributed by atoms with Gasteiger partial charge in [0.1, 0.15) is 0 Å². The van der Waals surface area contributed by atoms with Crippen molar-refractivity contribution in [1.82, 2.24) is 0 Å². The van der Waals surface area contributed by atoms with Gasteiger partial charge in [0.05, 0.1) is 24.7 Å². The summed E-state index contributed by atoms with van der Waals surface area (Å²) in [6, 6.07) is 3.75. The molecule has 0 aliphatic heterocycles. The van der Waals surface area contributed by atoms with E-state index in [1.807, 2.05) is 0 Å². The maximum Gasteiger partial charge on any atom is 0.304 e. The molecule has 0 radical (unpaired) electrons. The van der Waals surface area contributed by atoms with Gasteiger partial charge in [0.15, 0.2) is 0 Å². The zero-order chi connectivity index (χ0) is 14.1. The molecular formula is C13H18FNO4. The van der Waals surface area contributed by atoms with Crippen LogP contribution in [0.1, 0.15) is 25.3 Å². The molecule has 1 rings (SSSR count). The molecule has 0 saturated heterocycles. The SMILES string of the molecule is CCCCOCCOCc1ccc([N+](=O)[O-])c(F)c1. The Balaban J connectivity index is 2.26. The Morgan fingerprint density at radius 1 is 1.26 bits per heavy atom. The number of hydrogen-bond acceptors (Lipinski definition) is 4. The molecule has 0 N–H and O–H groups in total. The van der Waals surface area contributed by atoms with Crippen LogP contribution < -0.4 is 0 Å². The van der Waals surface area contributed by atoms with Crippen molar-refractivity contribution < 1.29 is 18.8 Å². The highest BCUT2D eigenvalue weighted by atomic mass is 19.1. The molecule has 0 bridgehead atoms. The van der Waals surface area contributed by atoms with E-state index in [2.05, 4.69) is 6.92 Å². The largest absolute Gasteiger partial charge is 0.379 e. The molecule has 0 atom stereocenters. The number of ether oxygens (including phenoxy) is 2. The van der Waals surface area contributed by atoms with Crippen LogP contribution in [0.5, 0.6) is 0 Å². The van der Waals surface area contributed by atoms with Crippen LogP contribution in [0.25, 0.3) is 0 Å². The standard InChI is InChI=1S/C13H18FNO4/c1-2-3-6-18-7-8-19-10-11-4-5-13(15(16)17)12(14)9-11/h4-5,9H,2-3,6-8,10H2,1H3. The maximum atomic E-state index is 13.3. The molecular weight excluding hydrogens is 253 g/mol. The summed E-state index contributed by atoms with van der Waals surface area (Å²) in [5, 5.41) is 10.4. The lowest BCUT2D eigenvalue weighted by atomic mass is 10.2. The highest BCUT2D eigenvalue weighted by Crippen LogP contribution is 2.18. The molecule has 0 aromatic heterocycles. The number of halogens is 1. The van der Waals surface area contributed by atoms with Crippen LogP contribution in [-0.4, -0.2) is 24.7 Å². The van der Waals surface area contributed by atoms with Crippen molar-refractivity contribution in [2.24, 2.45) is 0 Å². The maximum absolute atomic E-state index is 13.3. The summed E-state index contributed by atoms with van der Waals surface area (Å²) in [5.74, 6) is -0.842. The first-order valence-electron chi connectivity index (χ1n) is 6.23. The van der Waals surface area contributed by atoms with Crippen molar-refractivity contribution in [2.45, 2.75) is 26.4 Å². The molecule has 1 aromatic rings. The number of hydrogen-bond donors (Lipinski definition) is 0. The average Bonchev–Trinajstić information content (AvgIpc) is 2.37. The van der Waals surface area contributed by atoms with E-state index < -0.39 is 16.4 Å². The molecule has 19 heavy (non-hydrogen) atoms. The lowest BCUT2D eigenvalue weighted by molar-refractivity contribution is -0.387. The summed E-state index contributed by atoms with van der Waals surface area (Å²) in [5.41, 5.74) is 0.0447. The minimum Gasteiger partial charge on any atom is -0.379 e. The van der Waals surface area contributed by atoms with E-state index in [-0.39, 0.29) is 6.61 Å². The third kappa shape index (κ3) is 5.76. The molecule has 0 fully saturated rings. The van der Waals surface area contributed by atoms with E-state index >= 15 is 0 Å². The van der Waals surface area contributed by atoms with E-state index in [0.717, 1.165) is 25.0 Å². The predicted octanol–water partition coefficient (Wildman–Crippen LogP) is 3.07. The molecule has 0 heterocycles. The van der Waals surface area contributed by atoms with Crippen LogP contribution in [0.4, 0.5) is 10.1 Å². The first-order valence-corrected chi connectivity index (χ1v) is 6.23. The molecule has 0 aliphatic carbocycles. The average molecular weight is 271 g/mol. The van der Waals surface area contributed by atoms with Crippen LogP contribution >= 0.6 is 0 Å². The quantitative estimate of drug-likeness (QED) is 0.393. The van der Waals surface area contributed by atoms with Gasteiger partial charge in [0.2, 0.25) is 5.82 Å². The highest BCUT2D eigenvalue weighted by Gasteiger charge is 2.13. The smallest absolute Gasteiger partial charge is 0.304 e. The molecule has 1 aromatic carbocycles. The fourth-order valence-corrected chi connectivity index (χ4v) is 1.44. The predicted molar refractivity (Wildman–Crippen MR) is 68.4 cm³/mol. The molecule has 0 aliphatic rings. The van der Waals surface area contributed by atoms with Crippen LogP contribution in [0.3, 0.4) is 0 Å². The van der Waals surface area contributed by atoms with Crippen molar-refractivity contribution >= 4 is 5.69 Å². The molecule has 0 amide bonds. The second-order valence-electron chi connectivity index (χ2n) is 4.06. The Kier molecular flexibility index (Phi) is 6.99. The van der Waals surface area contributed by atoms with Crippen LogP contribution in [0, 0.1) is 15.9 Å². The van der Waals surface area contributed by atoms with Gasteiger partial charge in [0.25, 0.3) is 0 Å². The van der Waals surface area contributed by atoms with Crippen molar-refractivity contribution in [3.63, 3.8) is 0 Å². The van der Waals surface area contributed by atoms with E-state index in [9.17, 15) is 14.5 Å². The molecule has 6 heteroatoms. The Morgan fingerprint density at radius 3 is 2.63 bits per heavy atom. The van der Waals surface area contributed by atoms with E-state index in [4.69, 9.17) is 9.47 Å². The van der Waals surface area contributed by atoms with Gasteiger partial charge >= 0.3 is 5.69 Å². The molecule has 5 nitrogen and oxygen atoms in total. The van der Waals surface area contributed by atoms with Crippen LogP contribution in [0.15, 0.2) is 18.2 Å². The number of nitrogens with zero attached hydrogens (tertiary/aromatic N) is 1.